The molecule has 1 aliphatic heterocycles. The van der Waals surface area contributed by atoms with Crippen LogP contribution in [0.15, 0.2) is 0 Å². The van der Waals surface area contributed by atoms with E-state index >= 15 is 0 Å². The first-order valence-corrected chi connectivity index (χ1v) is 4.37. The summed E-state index contributed by atoms with van der Waals surface area (Å²) in [5, 5.41) is 6.26. The topological polar surface area (TPSA) is 41.1 Å². The third-order valence-electron chi connectivity index (χ3n) is 2.35. The Hall–Kier alpha value is -0.570. The van der Waals surface area contributed by atoms with E-state index < -0.39 is 0 Å². The van der Waals surface area contributed by atoms with Gasteiger partial charge in [0.15, 0.2) is 0 Å². The first-order valence-electron chi connectivity index (χ1n) is 4.37. The van der Waals surface area contributed by atoms with E-state index in [1.54, 1.807) is 0 Å². The number of hydrogen-bond donors (Lipinski definition) is 2. The van der Waals surface area contributed by atoms with E-state index in [9.17, 15) is 4.79 Å². The van der Waals surface area contributed by atoms with Gasteiger partial charge in [-0.15, -0.1) is 0 Å². The fourth-order valence-corrected chi connectivity index (χ4v) is 1.44. The van der Waals surface area contributed by atoms with E-state index in [1.165, 1.54) is 0 Å². The minimum absolute atomic E-state index is 0.277. The fraction of sp³-hybridized carbons (Fsp3) is 0.875. The molecule has 1 saturated carbocycles. The molecule has 0 aromatic rings. The summed E-state index contributed by atoms with van der Waals surface area (Å²) in [6.07, 6.45) is 3.30. The molecular weight excluding hydrogens is 140 g/mol. The monoisotopic (exact) mass is 154 g/mol. The Bertz CT molecular complexity index is 159. The molecule has 2 aliphatic rings. The maximum Gasteiger partial charge on any atom is 0.223 e. The lowest BCUT2D eigenvalue weighted by Crippen LogP contribution is -2.37. The van der Waals surface area contributed by atoms with Gasteiger partial charge in [0, 0.05) is 18.5 Å². The van der Waals surface area contributed by atoms with Crippen molar-refractivity contribution in [1.82, 2.24) is 10.6 Å². The van der Waals surface area contributed by atoms with Gasteiger partial charge >= 0.3 is 0 Å². The molecule has 11 heavy (non-hydrogen) atoms. The van der Waals surface area contributed by atoms with Gasteiger partial charge in [-0.2, -0.15) is 0 Å². The van der Waals surface area contributed by atoms with Crippen LogP contribution in [-0.2, 0) is 4.79 Å². The molecule has 1 atom stereocenters. The van der Waals surface area contributed by atoms with Gasteiger partial charge in [0.05, 0.1) is 0 Å². The van der Waals surface area contributed by atoms with Gasteiger partial charge in [-0.05, 0) is 25.8 Å². The van der Waals surface area contributed by atoms with Crippen molar-refractivity contribution < 1.29 is 4.79 Å². The summed E-state index contributed by atoms with van der Waals surface area (Å²) in [5.41, 5.74) is 0. The number of hydrogen-bond acceptors (Lipinski definition) is 2. The lowest BCUT2D eigenvalue weighted by molar-refractivity contribution is -0.122. The van der Waals surface area contributed by atoms with Crippen LogP contribution in [0.4, 0.5) is 0 Å². The van der Waals surface area contributed by atoms with E-state index in [4.69, 9.17) is 0 Å². The molecule has 1 heterocycles. The normalized spacial score (nSPS) is 30.4. The van der Waals surface area contributed by atoms with Crippen molar-refractivity contribution in [3.8, 4) is 0 Å². The average molecular weight is 154 g/mol. The van der Waals surface area contributed by atoms with Crippen LogP contribution < -0.4 is 10.6 Å². The van der Waals surface area contributed by atoms with Gasteiger partial charge < -0.3 is 10.6 Å². The van der Waals surface area contributed by atoms with Gasteiger partial charge in [-0.3, -0.25) is 4.79 Å². The predicted octanol–water partition coefficient (Wildman–Crippen LogP) is -0.126. The fourth-order valence-electron chi connectivity index (χ4n) is 1.44. The van der Waals surface area contributed by atoms with Crippen LogP contribution in [0.3, 0.4) is 0 Å². The first kappa shape index (κ1) is 7.10. The van der Waals surface area contributed by atoms with Crippen molar-refractivity contribution in [3.05, 3.63) is 0 Å². The zero-order valence-electron chi connectivity index (χ0n) is 6.60. The smallest absolute Gasteiger partial charge is 0.223 e. The van der Waals surface area contributed by atoms with Crippen LogP contribution in [0.2, 0.25) is 0 Å². The molecule has 62 valence electrons. The van der Waals surface area contributed by atoms with E-state index in [2.05, 4.69) is 10.6 Å². The van der Waals surface area contributed by atoms with Gasteiger partial charge in [-0.1, -0.05) is 0 Å². The number of nitrogens with one attached hydrogen (secondary N) is 2. The molecule has 0 unspecified atom stereocenters. The molecule has 0 spiro atoms. The third-order valence-corrected chi connectivity index (χ3v) is 2.35. The maximum absolute atomic E-state index is 11.2. The summed E-state index contributed by atoms with van der Waals surface area (Å²) in [6, 6.07) is 0.406. The van der Waals surface area contributed by atoms with E-state index in [0.29, 0.717) is 12.0 Å². The summed E-state index contributed by atoms with van der Waals surface area (Å²) in [4.78, 5) is 11.2. The van der Waals surface area contributed by atoms with E-state index in [1.807, 2.05) is 0 Å². The molecule has 2 fully saturated rings. The quantitative estimate of drug-likeness (QED) is 0.582. The lowest BCUT2D eigenvalue weighted by atomic mass is 10.2. The van der Waals surface area contributed by atoms with Crippen molar-refractivity contribution in [2.75, 3.05) is 13.1 Å². The highest BCUT2D eigenvalue weighted by Gasteiger charge is 2.31. The summed E-state index contributed by atoms with van der Waals surface area (Å²) in [5.74, 6) is 0.634. The van der Waals surface area contributed by atoms with Crippen LogP contribution in [0.5, 0.6) is 0 Å². The zero-order valence-corrected chi connectivity index (χ0v) is 6.60. The molecular formula is C8H14N2O. The Balaban J connectivity index is 1.74. The highest BCUT2D eigenvalue weighted by Crippen LogP contribution is 2.28. The number of amides is 1. The highest BCUT2D eigenvalue weighted by molar-refractivity contribution is 5.81. The molecule has 2 rings (SSSR count). The molecule has 0 aromatic heterocycles. The Morgan fingerprint density at radius 3 is 2.73 bits per heavy atom. The zero-order chi connectivity index (χ0) is 7.68. The molecule has 3 nitrogen and oxygen atoms in total. The molecule has 1 aliphatic carbocycles. The van der Waals surface area contributed by atoms with Gasteiger partial charge in [0.25, 0.3) is 0 Å². The Kier molecular flexibility index (Phi) is 1.82. The summed E-state index contributed by atoms with van der Waals surface area (Å²) >= 11 is 0. The van der Waals surface area contributed by atoms with Crippen LogP contribution >= 0.6 is 0 Å². The summed E-state index contributed by atoms with van der Waals surface area (Å²) in [6.45, 7) is 2.01. The number of carbonyl (C=O) groups is 1. The largest absolute Gasteiger partial charge is 0.352 e. The molecule has 0 radical (unpaired) electrons. The second kappa shape index (κ2) is 2.81. The number of rotatable bonds is 2. The Morgan fingerprint density at radius 2 is 2.18 bits per heavy atom. The molecule has 3 heteroatoms. The van der Waals surface area contributed by atoms with Crippen LogP contribution in [0, 0.1) is 5.92 Å². The minimum atomic E-state index is 0.277. The summed E-state index contributed by atoms with van der Waals surface area (Å²) in [7, 11) is 0. The Morgan fingerprint density at radius 1 is 1.36 bits per heavy atom. The van der Waals surface area contributed by atoms with Crippen molar-refractivity contribution in [2.24, 2.45) is 5.92 Å². The van der Waals surface area contributed by atoms with Gasteiger partial charge in [0.1, 0.15) is 0 Å². The highest BCUT2D eigenvalue weighted by atomic mass is 16.2. The third kappa shape index (κ3) is 1.71. The van der Waals surface area contributed by atoms with E-state index in [0.717, 1.165) is 32.4 Å². The van der Waals surface area contributed by atoms with Crippen molar-refractivity contribution in [1.29, 1.82) is 0 Å². The van der Waals surface area contributed by atoms with Crippen LogP contribution in [0.1, 0.15) is 19.3 Å². The SMILES string of the molecule is O=C(N[C@H]1CCNC1)C1CC1. The second-order valence-electron chi connectivity index (χ2n) is 3.47. The first-order chi connectivity index (χ1) is 5.36. The Labute approximate surface area is 66.5 Å². The average Bonchev–Trinajstić information content (AvgIpc) is 2.73. The maximum atomic E-state index is 11.2. The van der Waals surface area contributed by atoms with Crippen LogP contribution in [0.25, 0.3) is 0 Å². The van der Waals surface area contributed by atoms with Crippen molar-refractivity contribution >= 4 is 5.91 Å². The molecule has 0 aromatic carbocycles. The molecule has 1 amide bonds. The second-order valence-corrected chi connectivity index (χ2v) is 3.47. The van der Waals surface area contributed by atoms with Gasteiger partial charge in [-0.25, -0.2) is 0 Å². The standard InChI is InChI=1S/C8H14N2O/c11-8(6-1-2-6)10-7-3-4-9-5-7/h6-7,9H,1-5H2,(H,10,11)/t7-/m0/s1. The van der Waals surface area contributed by atoms with E-state index in [-0.39, 0.29) is 5.91 Å². The lowest BCUT2D eigenvalue weighted by Gasteiger charge is -2.09. The molecule has 0 bridgehead atoms. The van der Waals surface area contributed by atoms with Crippen LogP contribution in [-0.4, -0.2) is 25.0 Å². The predicted molar refractivity (Wildman–Crippen MR) is 42.1 cm³/mol. The summed E-state index contributed by atoms with van der Waals surface area (Å²) < 4.78 is 0. The van der Waals surface area contributed by atoms with Crippen molar-refractivity contribution in [2.45, 2.75) is 25.3 Å². The van der Waals surface area contributed by atoms with Gasteiger partial charge in [0.2, 0.25) is 5.91 Å². The molecule has 1 saturated heterocycles. The molecule has 2 N–H and O–H groups in total. The number of carbonyl (C=O) groups excluding carboxylic acids is 1. The minimum Gasteiger partial charge on any atom is -0.352 e. The van der Waals surface area contributed by atoms with Crippen molar-refractivity contribution in [3.63, 3.8) is 0 Å².